The second-order valence-electron chi connectivity index (χ2n) is 4.49. The molecule has 1 aromatic rings. The van der Waals surface area contributed by atoms with E-state index in [1.807, 2.05) is 0 Å². The van der Waals surface area contributed by atoms with Crippen molar-refractivity contribution in [2.24, 2.45) is 5.84 Å². The summed E-state index contributed by atoms with van der Waals surface area (Å²) in [4.78, 5) is 10.1. The zero-order valence-corrected chi connectivity index (χ0v) is 11.8. The normalized spacial score (nSPS) is 15.3. The van der Waals surface area contributed by atoms with Crippen molar-refractivity contribution in [2.75, 3.05) is 12.0 Å². The van der Waals surface area contributed by atoms with Gasteiger partial charge in [-0.1, -0.05) is 13.0 Å². The van der Waals surface area contributed by atoms with Crippen LogP contribution in [0, 0.1) is 10.1 Å². The summed E-state index contributed by atoms with van der Waals surface area (Å²) in [6, 6.07) is 3.97. The molecule has 2 rings (SSSR count). The van der Waals surface area contributed by atoms with Crippen LogP contribution in [0.25, 0.3) is 0 Å². The number of nitrogens with two attached hydrogens (primary N) is 1. The zero-order valence-electron chi connectivity index (χ0n) is 10.9. The molecule has 0 amide bonds. The number of nitrogen functional groups attached to an aromatic ring is 1. The fourth-order valence-corrected chi connectivity index (χ4v) is 4.02. The van der Waals surface area contributed by atoms with Crippen LogP contribution < -0.4 is 11.3 Å². The minimum absolute atomic E-state index is 0.0251. The lowest BCUT2D eigenvalue weighted by atomic mass is 10.3. The maximum Gasteiger partial charge on any atom is 0.313 e. The molecule has 0 unspecified atom stereocenters. The zero-order chi connectivity index (χ0) is 14.9. The molecule has 1 saturated carbocycles. The van der Waals surface area contributed by atoms with Gasteiger partial charge in [-0.25, -0.2) is 8.42 Å². The van der Waals surface area contributed by atoms with Gasteiger partial charge in [0.1, 0.15) is 5.69 Å². The lowest BCUT2D eigenvalue weighted by Crippen LogP contribution is -2.33. The SMILES string of the molecule is CCN(C1CC1)S(=O)(=O)c1cccc(NN)c1[N+](=O)[O-]. The Kier molecular flexibility index (Phi) is 3.93. The van der Waals surface area contributed by atoms with Crippen LogP contribution in [0.15, 0.2) is 23.1 Å². The highest BCUT2D eigenvalue weighted by Crippen LogP contribution is 2.37. The van der Waals surface area contributed by atoms with E-state index < -0.39 is 20.6 Å². The van der Waals surface area contributed by atoms with Crippen molar-refractivity contribution in [3.63, 3.8) is 0 Å². The van der Waals surface area contributed by atoms with Crippen molar-refractivity contribution >= 4 is 21.4 Å². The summed E-state index contributed by atoms with van der Waals surface area (Å²) in [5.41, 5.74) is 1.62. The number of nitrogens with one attached hydrogen (secondary N) is 1. The number of nitro groups is 1. The molecule has 1 aliphatic rings. The molecule has 0 aromatic heterocycles. The summed E-state index contributed by atoms with van der Waals surface area (Å²) < 4.78 is 26.5. The van der Waals surface area contributed by atoms with Crippen LogP contribution in [-0.4, -0.2) is 30.2 Å². The van der Waals surface area contributed by atoms with Gasteiger partial charge in [0.25, 0.3) is 0 Å². The van der Waals surface area contributed by atoms with Gasteiger partial charge in [0, 0.05) is 12.6 Å². The largest absolute Gasteiger partial charge is 0.318 e. The highest BCUT2D eigenvalue weighted by atomic mass is 32.2. The molecule has 0 spiro atoms. The Morgan fingerprint density at radius 2 is 2.15 bits per heavy atom. The van der Waals surface area contributed by atoms with E-state index in [0.29, 0.717) is 0 Å². The first-order valence-corrected chi connectivity index (χ1v) is 7.63. The van der Waals surface area contributed by atoms with E-state index in [-0.39, 0.29) is 23.2 Å². The third-order valence-electron chi connectivity index (χ3n) is 3.19. The average Bonchev–Trinajstić information content (AvgIpc) is 3.22. The molecule has 8 nitrogen and oxygen atoms in total. The van der Waals surface area contributed by atoms with Gasteiger partial charge in [0.05, 0.1) is 4.92 Å². The Labute approximate surface area is 116 Å². The fraction of sp³-hybridized carbons (Fsp3) is 0.455. The molecule has 9 heteroatoms. The first kappa shape index (κ1) is 14.7. The first-order valence-electron chi connectivity index (χ1n) is 6.19. The molecule has 1 fully saturated rings. The molecular formula is C11H16N4O4S. The Bertz CT molecular complexity index is 627. The summed E-state index contributed by atoms with van der Waals surface area (Å²) in [5, 5.41) is 11.2. The summed E-state index contributed by atoms with van der Waals surface area (Å²) in [6.07, 6.45) is 1.57. The molecular weight excluding hydrogens is 284 g/mol. The van der Waals surface area contributed by atoms with Gasteiger partial charge in [-0.3, -0.25) is 16.0 Å². The number of nitro benzene ring substituents is 1. The first-order chi connectivity index (χ1) is 9.43. The Balaban J connectivity index is 2.59. The highest BCUT2D eigenvalue weighted by Gasteiger charge is 2.40. The number of anilines is 1. The van der Waals surface area contributed by atoms with E-state index in [4.69, 9.17) is 5.84 Å². The fourth-order valence-electron chi connectivity index (χ4n) is 2.15. The molecule has 1 aromatic carbocycles. The van der Waals surface area contributed by atoms with Gasteiger partial charge in [0.2, 0.25) is 10.0 Å². The number of hydrogen-bond donors (Lipinski definition) is 2. The van der Waals surface area contributed by atoms with E-state index >= 15 is 0 Å². The Morgan fingerprint density at radius 1 is 1.50 bits per heavy atom. The molecule has 0 atom stereocenters. The van der Waals surface area contributed by atoms with E-state index in [1.165, 1.54) is 22.5 Å². The van der Waals surface area contributed by atoms with Crippen LogP contribution in [0.4, 0.5) is 11.4 Å². The number of nitrogens with zero attached hydrogens (tertiary/aromatic N) is 2. The molecule has 0 heterocycles. The van der Waals surface area contributed by atoms with Gasteiger partial charge in [0.15, 0.2) is 4.90 Å². The van der Waals surface area contributed by atoms with Gasteiger partial charge in [-0.2, -0.15) is 4.31 Å². The molecule has 110 valence electrons. The minimum atomic E-state index is -3.90. The molecule has 1 aliphatic carbocycles. The number of hydrogen-bond acceptors (Lipinski definition) is 6. The Morgan fingerprint density at radius 3 is 2.60 bits per heavy atom. The third-order valence-corrected chi connectivity index (χ3v) is 5.25. The summed E-state index contributed by atoms with van der Waals surface area (Å²) in [5.74, 6) is 5.22. The maximum atomic E-state index is 12.6. The second kappa shape index (κ2) is 5.35. The quantitative estimate of drug-likeness (QED) is 0.460. The smallest absolute Gasteiger partial charge is 0.313 e. The van der Waals surface area contributed by atoms with Crippen LogP contribution in [0.2, 0.25) is 0 Å². The minimum Gasteiger partial charge on any atom is -0.318 e. The predicted octanol–water partition coefficient (Wildman–Crippen LogP) is 1.05. The second-order valence-corrected chi connectivity index (χ2v) is 6.35. The molecule has 0 saturated heterocycles. The number of rotatable bonds is 6. The maximum absolute atomic E-state index is 12.6. The molecule has 3 N–H and O–H groups in total. The summed E-state index contributed by atoms with van der Waals surface area (Å²) in [7, 11) is -3.90. The number of hydrazine groups is 1. The van der Waals surface area contributed by atoms with Crippen LogP contribution in [-0.2, 0) is 10.0 Å². The predicted molar refractivity (Wildman–Crippen MR) is 73.5 cm³/mol. The van der Waals surface area contributed by atoms with Gasteiger partial charge in [-0.05, 0) is 25.0 Å². The summed E-state index contributed by atoms with van der Waals surface area (Å²) in [6.45, 7) is 2.00. The van der Waals surface area contributed by atoms with Crippen LogP contribution >= 0.6 is 0 Å². The standard InChI is InChI=1S/C11H16N4O4S/c1-2-14(8-6-7-8)20(18,19)10-5-3-4-9(13-12)11(10)15(16)17/h3-5,8,13H,2,6-7,12H2,1H3. The summed E-state index contributed by atoms with van der Waals surface area (Å²) >= 11 is 0. The number of sulfonamides is 1. The number of benzene rings is 1. The molecule has 0 bridgehead atoms. The molecule has 0 radical (unpaired) electrons. The van der Waals surface area contributed by atoms with Crippen LogP contribution in [0.3, 0.4) is 0 Å². The van der Waals surface area contributed by atoms with Gasteiger partial charge >= 0.3 is 5.69 Å². The number of para-hydroxylation sites is 1. The topological polar surface area (TPSA) is 119 Å². The molecule has 20 heavy (non-hydrogen) atoms. The monoisotopic (exact) mass is 300 g/mol. The van der Waals surface area contributed by atoms with E-state index in [2.05, 4.69) is 5.43 Å². The Hall–Kier alpha value is -1.71. The van der Waals surface area contributed by atoms with Crippen LogP contribution in [0.1, 0.15) is 19.8 Å². The third kappa shape index (κ3) is 2.47. The van der Waals surface area contributed by atoms with Crippen molar-refractivity contribution in [3.05, 3.63) is 28.3 Å². The van der Waals surface area contributed by atoms with E-state index in [0.717, 1.165) is 12.8 Å². The van der Waals surface area contributed by atoms with Crippen molar-refractivity contribution in [2.45, 2.75) is 30.7 Å². The van der Waals surface area contributed by atoms with Gasteiger partial charge < -0.3 is 5.43 Å². The van der Waals surface area contributed by atoms with Gasteiger partial charge in [-0.15, -0.1) is 0 Å². The van der Waals surface area contributed by atoms with Crippen molar-refractivity contribution < 1.29 is 13.3 Å². The van der Waals surface area contributed by atoms with Crippen molar-refractivity contribution in [1.29, 1.82) is 0 Å². The van der Waals surface area contributed by atoms with E-state index in [9.17, 15) is 18.5 Å². The molecule has 0 aliphatic heterocycles. The van der Waals surface area contributed by atoms with Crippen LogP contribution in [0.5, 0.6) is 0 Å². The average molecular weight is 300 g/mol. The van der Waals surface area contributed by atoms with Crippen molar-refractivity contribution in [3.8, 4) is 0 Å². The lowest BCUT2D eigenvalue weighted by Gasteiger charge is -2.20. The van der Waals surface area contributed by atoms with E-state index in [1.54, 1.807) is 6.92 Å². The lowest BCUT2D eigenvalue weighted by molar-refractivity contribution is -0.386. The highest BCUT2D eigenvalue weighted by molar-refractivity contribution is 7.89. The van der Waals surface area contributed by atoms with Crippen molar-refractivity contribution in [1.82, 2.24) is 4.31 Å².